The van der Waals surface area contributed by atoms with Crippen LogP contribution in [0.1, 0.15) is 66.2 Å². The van der Waals surface area contributed by atoms with Crippen LogP contribution in [-0.4, -0.2) is 23.9 Å². The zero-order chi connectivity index (χ0) is 12.8. The molecule has 3 fully saturated rings. The molecule has 1 saturated heterocycles. The van der Waals surface area contributed by atoms with Gasteiger partial charge in [0, 0.05) is 18.5 Å². The second-order valence-electron chi connectivity index (χ2n) is 6.23. The smallest absolute Gasteiger partial charge is 0.186 e. The van der Waals surface area contributed by atoms with Crippen LogP contribution in [-0.2, 0) is 0 Å². The van der Waals surface area contributed by atoms with E-state index in [1.807, 2.05) is 0 Å². The highest BCUT2D eigenvalue weighted by molar-refractivity contribution is 7.17. The van der Waals surface area contributed by atoms with Crippen molar-refractivity contribution < 1.29 is 4.79 Å². The number of fused-ring (bicyclic) bond motifs is 1. The molecule has 0 amide bonds. The first kappa shape index (κ1) is 11.9. The zero-order valence-electron chi connectivity index (χ0n) is 11.2. The standard InChI is InChI=1S/C15H20N2OS/c18-9-13-14(11-5-6-11)16-15(19-13)17-8-7-10-3-1-2-4-12(10)17/h9-12H,1-8H2. The zero-order valence-corrected chi connectivity index (χ0v) is 12.0. The summed E-state index contributed by atoms with van der Waals surface area (Å²) in [6.07, 6.45) is 10.2. The van der Waals surface area contributed by atoms with Gasteiger partial charge in [0.15, 0.2) is 11.4 Å². The van der Waals surface area contributed by atoms with Crippen molar-refractivity contribution in [1.29, 1.82) is 0 Å². The Labute approximate surface area is 118 Å². The molecule has 3 aliphatic rings. The van der Waals surface area contributed by atoms with Gasteiger partial charge in [0.2, 0.25) is 0 Å². The van der Waals surface area contributed by atoms with Gasteiger partial charge in [-0.05, 0) is 38.0 Å². The Morgan fingerprint density at radius 1 is 1.16 bits per heavy atom. The Morgan fingerprint density at radius 3 is 2.79 bits per heavy atom. The Balaban J connectivity index is 1.63. The lowest BCUT2D eigenvalue weighted by atomic mass is 9.85. The van der Waals surface area contributed by atoms with Gasteiger partial charge in [-0.15, -0.1) is 0 Å². The summed E-state index contributed by atoms with van der Waals surface area (Å²) in [6.45, 7) is 1.14. The van der Waals surface area contributed by atoms with Gasteiger partial charge in [0.25, 0.3) is 0 Å². The number of anilines is 1. The highest BCUT2D eigenvalue weighted by Crippen LogP contribution is 2.46. The molecule has 0 spiro atoms. The minimum atomic E-state index is 0.579. The van der Waals surface area contributed by atoms with Crippen LogP contribution in [0.4, 0.5) is 5.13 Å². The van der Waals surface area contributed by atoms with Crippen molar-refractivity contribution in [1.82, 2.24) is 4.98 Å². The van der Waals surface area contributed by atoms with Crippen molar-refractivity contribution in [3.63, 3.8) is 0 Å². The van der Waals surface area contributed by atoms with E-state index in [0.29, 0.717) is 12.0 Å². The first-order valence-corrected chi connectivity index (χ1v) is 8.41. The largest absolute Gasteiger partial charge is 0.345 e. The molecule has 2 atom stereocenters. The molecular formula is C15H20N2OS. The number of hydrogen-bond donors (Lipinski definition) is 0. The predicted molar refractivity (Wildman–Crippen MR) is 77.2 cm³/mol. The number of rotatable bonds is 3. The lowest BCUT2D eigenvalue weighted by Crippen LogP contribution is -2.34. The van der Waals surface area contributed by atoms with Crippen LogP contribution in [0.2, 0.25) is 0 Å². The monoisotopic (exact) mass is 276 g/mol. The van der Waals surface area contributed by atoms with Crippen molar-refractivity contribution in [2.24, 2.45) is 5.92 Å². The van der Waals surface area contributed by atoms with Gasteiger partial charge in [0.05, 0.1) is 10.6 Å². The van der Waals surface area contributed by atoms with Crippen molar-refractivity contribution in [2.75, 3.05) is 11.4 Å². The number of hydrogen-bond acceptors (Lipinski definition) is 4. The lowest BCUT2D eigenvalue weighted by Gasteiger charge is -2.31. The summed E-state index contributed by atoms with van der Waals surface area (Å²) in [5, 5.41) is 1.12. The van der Waals surface area contributed by atoms with E-state index in [0.717, 1.165) is 34.5 Å². The summed E-state index contributed by atoms with van der Waals surface area (Å²) in [6, 6.07) is 0.700. The van der Waals surface area contributed by atoms with E-state index in [9.17, 15) is 4.79 Å². The molecule has 0 radical (unpaired) electrons. The lowest BCUT2D eigenvalue weighted by molar-refractivity contribution is 0.112. The predicted octanol–water partition coefficient (Wildman–Crippen LogP) is 3.60. The third kappa shape index (κ3) is 2.00. The Bertz CT molecular complexity index is 494. The molecule has 4 rings (SSSR count). The molecule has 2 aliphatic carbocycles. The van der Waals surface area contributed by atoms with Crippen LogP contribution in [0.25, 0.3) is 0 Å². The van der Waals surface area contributed by atoms with Crippen molar-refractivity contribution in [3.05, 3.63) is 10.6 Å². The van der Waals surface area contributed by atoms with Crippen LogP contribution in [0.3, 0.4) is 0 Å². The number of carbonyl (C=O) groups is 1. The van der Waals surface area contributed by atoms with Crippen LogP contribution in [0.5, 0.6) is 0 Å². The van der Waals surface area contributed by atoms with E-state index in [1.165, 1.54) is 44.9 Å². The molecule has 0 aromatic carbocycles. The molecule has 2 heterocycles. The molecule has 3 nitrogen and oxygen atoms in total. The van der Waals surface area contributed by atoms with Gasteiger partial charge in [-0.3, -0.25) is 4.79 Å². The average Bonchev–Trinajstić information content (AvgIpc) is 3.06. The summed E-state index contributed by atoms with van der Waals surface area (Å²) in [5.41, 5.74) is 1.09. The van der Waals surface area contributed by atoms with Crippen LogP contribution in [0.15, 0.2) is 0 Å². The average molecular weight is 276 g/mol. The Morgan fingerprint density at radius 2 is 2.00 bits per heavy atom. The summed E-state index contributed by atoms with van der Waals surface area (Å²) in [7, 11) is 0. The van der Waals surface area contributed by atoms with Crippen LogP contribution in [0, 0.1) is 5.92 Å². The van der Waals surface area contributed by atoms with E-state index in [1.54, 1.807) is 11.3 Å². The molecule has 1 aromatic rings. The number of aromatic nitrogens is 1. The van der Waals surface area contributed by atoms with Crippen molar-refractivity contribution in [3.8, 4) is 0 Å². The first-order valence-electron chi connectivity index (χ1n) is 7.59. The third-order valence-electron chi connectivity index (χ3n) is 5.00. The quantitative estimate of drug-likeness (QED) is 0.791. The minimum Gasteiger partial charge on any atom is -0.345 e. The number of carbonyl (C=O) groups excluding carboxylic acids is 1. The molecule has 102 valence electrons. The fourth-order valence-corrected chi connectivity index (χ4v) is 4.88. The van der Waals surface area contributed by atoms with E-state index >= 15 is 0 Å². The highest BCUT2D eigenvalue weighted by atomic mass is 32.1. The molecule has 1 aliphatic heterocycles. The fraction of sp³-hybridized carbons (Fsp3) is 0.733. The van der Waals surface area contributed by atoms with E-state index in [-0.39, 0.29) is 0 Å². The maximum atomic E-state index is 11.2. The van der Waals surface area contributed by atoms with Gasteiger partial charge < -0.3 is 4.90 Å². The van der Waals surface area contributed by atoms with E-state index < -0.39 is 0 Å². The summed E-state index contributed by atoms with van der Waals surface area (Å²) >= 11 is 1.63. The Kier molecular flexibility index (Phi) is 2.87. The molecule has 1 aromatic heterocycles. The maximum absolute atomic E-state index is 11.2. The third-order valence-corrected chi connectivity index (χ3v) is 6.03. The van der Waals surface area contributed by atoms with Gasteiger partial charge >= 0.3 is 0 Å². The summed E-state index contributed by atoms with van der Waals surface area (Å²) < 4.78 is 0. The SMILES string of the molecule is O=Cc1sc(N2CCC3CCCCC32)nc1C1CC1. The van der Waals surface area contributed by atoms with Crippen molar-refractivity contribution in [2.45, 2.75) is 56.9 Å². The summed E-state index contributed by atoms with van der Waals surface area (Å²) in [5.74, 6) is 1.46. The molecule has 19 heavy (non-hydrogen) atoms. The maximum Gasteiger partial charge on any atom is 0.186 e. The molecule has 2 saturated carbocycles. The highest BCUT2D eigenvalue weighted by Gasteiger charge is 2.38. The first-order chi connectivity index (χ1) is 9.36. The van der Waals surface area contributed by atoms with Gasteiger partial charge in [0.1, 0.15) is 0 Å². The van der Waals surface area contributed by atoms with Gasteiger partial charge in [-0.2, -0.15) is 0 Å². The molecular weight excluding hydrogens is 256 g/mol. The molecule has 0 N–H and O–H groups in total. The van der Waals surface area contributed by atoms with Gasteiger partial charge in [-0.1, -0.05) is 24.2 Å². The second kappa shape index (κ2) is 4.58. The van der Waals surface area contributed by atoms with Gasteiger partial charge in [-0.25, -0.2) is 4.98 Å². The van der Waals surface area contributed by atoms with Crippen LogP contribution < -0.4 is 4.90 Å². The number of thiazole rings is 1. The molecule has 2 unspecified atom stereocenters. The van der Waals surface area contributed by atoms with E-state index in [2.05, 4.69) is 4.90 Å². The Hall–Kier alpha value is -0.900. The minimum absolute atomic E-state index is 0.579. The second-order valence-corrected chi connectivity index (χ2v) is 7.24. The fourth-order valence-electron chi connectivity index (χ4n) is 3.83. The van der Waals surface area contributed by atoms with Crippen molar-refractivity contribution >= 4 is 22.8 Å². The molecule has 4 heteroatoms. The number of nitrogens with zero attached hydrogens (tertiary/aromatic N) is 2. The summed E-state index contributed by atoms with van der Waals surface area (Å²) in [4.78, 5) is 19.4. The normalized spacial score (nSPS) is 30.4. The molecule has 0 bridgehead atoms. The number of aldehydes is 1. The topological polar surface area (TPSA) is 33.2 Å². The van der Waals surface area contributed by atoms with E-state index in [4.69, 9.17) is 4.98 Å². The van der Waals surface area contributed by atoms with Crippen LogP contribution >= 0.6 is 11.3 Å².